The molecule has 1 aromatic heterocycles. The number of likely N-dealkylation sites (N-methyl/N-ethyl adjacent to an activating group) is 1. The lowest BCUT2D eigenvalue weighted by atomic mass is 10.0. The Morgan fingerprint density at radius 2 is 2.08 bits per heavy atom. The Kier molecular flexibility index (Phi) is 5.00. The average Bonchev–Trinajstić information content (AvgIpc) is 2.91. The van der Waals surface area contributed by atoms with Gasteiger partial charge in [0.2, 0.25) is 5.91 Å². The van der Waals surface area contributed by atoms with E-state index < -0.39 is 0 Å². The van der Waals surface area contributed by atoms with Crippen LogP contribution in [0.4, 0.5) is 0 Å². The molecule has 0 N–H and O–H groups in total. The van der Waals surface area contributed by atoms with Gasteiger partial charge >= 0.3 is 0 Å². The summed E-state index contributed by atoms with van der Waals surface area (Å²) in [5.41, 5.74) is 3.41. The number of hydrogen-bond acceptors (Lipinski definition) is 3. The minimum Gasteiger partial charge on any atom is -0.332 e. The maximum atomic E-state index is 13.1. The lowest BCUT2D eigenvalue weighted by Crippen LogP contribution is -2.45. The van der Waals surface area contributed by atoms with E-state index >= 15 is 0 Å². The first kappa shape index (κ1) is 16.7. The number of aryl methyl sites for hydroxylation is 2. The van der Waals surface area contributed by atoms with E-state index in [0.717, 1.165) is 30.8 Å². The van der Waals surface area contributed by atoms with E-state index in [1.54, 1.807) is 0 Å². The maximum Gasteiger partial charge on any atom is 0.227 e. The summed E-state index contributed by atoms with van der Waals surface area (Å²) in [7, 11) is 4.13. The van der Waals surface area contributed by atoms with Crippen LogP contribution in [0.3, 0.4) is 0 Å². The molecule has 2 heterocycles. The van der Waals surface area contributed by atoms with Crippen LogP contribution in [0.25, 0.3) is 0 Å². The number of hydrogen-bond donors (Lipinski definition) is 0. The molecule has 0 bridgehead atoms. The Hall–Kier alpha value is -2.14. The molecule has 1 aliphatic rings. The Morgan fingerprint density at radius 1 is 1.29 bits per heavy atom. The fourth-order valence-corrected chi connectivity index (χ4v) is 3.40. The van der Waals surface area contributed by atoms with E-state index in [4.69, 9.17) is 0 Å². The van der Waals surface area contributed by atoms with Gasteiger partial charge < -0.3 is 9.80 Å². The van der Waals surface area contributed by atoms with Gasteiger partial charge in [-0.25, -0.2) is 0 Å². The molecule has 3 rings (SSSR count). The molecule has 5 nitrogen and oxygen atoms in total. The van der Waals surface area contributed by atoms with Crippen molar-refractivity contribution in [3.8, 4) is 0 Å². The normalized spacial score (nSPS) is 17.7. The second-order valence-corrected chi connectivity index (χ2v) is 6.88. The van der Waals surface area contributed by atoms with Crippen LogP contribution < -0.4 is 0 Å². The van der Waals surface area contributed by atoms with Crippen LogP contribution in [0.15, 0.2) is 36.5 Å². The molecule has 24 heavy (non-hydrogen) atoms. The predicted octanol–water partition coefficient (Wildman–Crippen LogP) is 2.10. The molecule has 0 saturated heterocycles. The number of fused-ring (bicyclic) bond motifs is 1. The summed E-state index contributed by atoms with van der Waals surface area (Å²) in [6.45, 7) is 4.46. The molecular weight excluding hydrogens is 300 g/mol. The second-order valence-electron chi connectivity index (χ2n) is 6.88. The summed E-state index contributed by atoms with van der Waals surface area (Å²) in [5.74, 6) is 0.200. The van der Waals surface area contributed by atoms with Crippen LogP contribution in [-0.2, 0) is 24.3 Å². The summed E-state index contributed by atoms with van der Waals surface area (Å²) < 4.78 is 2.03. The van der Waals surface area contributed by atoms with Gasteiger partial charge in [-0.1, -0.05) is 24.3 Å². The summed E-state index contributed by atoms with van der Waals surface area (Å²) in [4.78, 5) is 17.3. The molecule has 0 saturated carbocycles. The van der Waals surface area contributed by atoms with Gasteiger partial charge in [-0.2, -0.15) is 5.10 Å². The number of amides is 1. The van der Waals surface area contributed by atoms with E-state index in [-0.39, 0.29) is 11.9 Å². The highest BCUT2D eigenvalue weighted by Crippen LogP contribution is 2.20. The van der Waals surface area contributed by atoms with Gasteiger partial charge in [-0.05, 0) is 44.6 Å². The summed E-state index contributed by atoms with van der Waals surface area (Å²) in [6.07, 6.45) is 3.22. The highest BCUT2D eigenvalue weighted by Gasteiger charge is 2.28. The standard InChI is InChI=1S/C19H26N4O/c1-15-6-4-5-7-16(15)12-19(24)22-14-18-8-10-20-23(18)11-9-17(22)13-21(2)3/h4-8,10,17H,9,11-14H2,1-3H3. The number of aromatic nitrogens is 2. The largest absolute Gasteiger partial charge is 0.332 e. The quantitative estimate of drug-likeness (QED) is 0.864. The van der Waals surface area contributed by atoms with Crippen molar-refractivity contribution in [2.45, 2.75) is 38.9 Å². The molecule has 1 atom stereocenters. The number of carbonyl (C=O) groups is 1. The van der Waals surface area contributed by atoms with Gasteiger partial charge in [0, 0.05) is 25.3 Å². The molecule has 128 valence electrons. The minimum atomic E-state index is 0.200. The third kappa shape index (κ3) is 3.67. The van der Waals surface area contributed by atoms with E-state index in [9.17, 15) is 4.79 Å². The molecule has 0 aliphatic carbocycles. The summed E-state index contributed by atoms with van der Waals surface area (Å²) >= 11 is 0. The second kappa shape index (κ2) is 7.18. The highest BCUT2D eigenvalue weighted by molar-refractivity contribution is 5.79. The Morgan fingerprint density at radius 3 is 2.83 bits per heavy atom. The average molecular weight is 326 g/mol. The maximum absolute atomic E-state index is 13.1. The number of rotatable bonds is 4. The van der Waals surface area contributed by atoms with Crippen LogP contribution in [0, 0.1) is 6.92 Å². The van der Waals surface area contributed by atoms with Crippen LogP contribution >= 0.6 is 0 Å². The van der Waals surface area contributed by atoms with Crippen LogP contribution in [-0.4, -0.2) is 52.2 Å². The monoisotopic (exact) mass is 326 g/mol. The molecule has 0 spiro atoms. The van der Waals surface area contributed by atoms with Crippen molar-refractivity contribution < 1.29 is 4.79 Å². The van der Waals surface area contributed by atoms with Crippen molar-refractivity contribution in [1.29, 1.82) is 0 Å². The first-order valence-corrected chi connectivity index (χ1v) is 8.54. The van der Waals surface area contributed by atoms with Gasteiger partial charge in [0.1, 0.15) is 0 Å². The Balaban J connectivity index is 1.82. The van der Waals surface area contributed by atoms with Gasteiger partial charge in [0.25, 0.3) is 0 Å². The molecule has 1 aliphatic heterocycles. The first-order valence-electron chi connectivity index (χ1n) is 8.54. The molecule has 5 heteroatoms. The molecular formula is C19H26N4O. The zero-order valence-corrected chi connectivity index (χ0v) is 14.8. The lowest BCUT2D eigenvalue weighted by molar-refractivity contribution is -0.133. The molecule has 1 aromatic carbocycles. The third-order valence-corrected chi connectivity index (χ3v) is 4.75. The van der Waals surface area contributed by atoms with Crippen LogP contribution in [0.1, 0.15) is 23.2 Å². The topological polar surface area (TPSA) is 41.4 Å². The SMILES string of the molecule is Cc1ccccc1CC(=O)N1Cc2ccnn2CCC1CN(C)C. The fourth-order valence-electron chi connectivity index (χ4n) is 3.40. The Labute approximate surface area is 143 Å². The smallest absolute Gasteiger partial charge is 0.227 e. The van der Waals surface area contributed by atoms with Crippen LogP contribution in [0.5, 0.6) is 0 Å². The summed E-state index contributed by atoms with van der Waals surface area (Å²) in [6, 6.07) is 10.4. The van der Waals surface area contributed by atoms with Crippen molar-refractivity contribution in [2.24, 2.45) is 0 Å². The van der Waals surface area contributed by atoms with Crippen molar-refractivity contribution in [3.63, 3.8) is 0 Å². The molecule has 2 aromatic rings. The first-order chi connectivity index (χ1) is 11.5. The van der Waals surface area contributed by atoms with Gasteiger partial charge in [0.05, 0.1) is 18.7 Å². The molecule has 1 amide bonds. The van der Waals surface area contributed by atoms with Gasteiger partial charge in [-0.3, -0.25) is 9.48 Å². The van der Waals surface area contributed by atoms with E-state index in [2.05, 4.69) is 43.2 Å². The molecule has 0 radical (unpaired) electrons. The zero-order valence-electron chi connectivity index (χ0n) is 14.8. The predicted molar refractivity (Wildman–Crippen MR) is 94.6 cm³/mol. The van der Waals surface area contributed by atoms with Gasteiger partial charge in [-0.15, -0.1) is 0 Å². The van der Waals surface area contributed by atoms with Crippen LogP contribution in [0.2, 0.25) is 0 Å². The number of benzene rings is 1. The Bertz CT molecular complexity index is 707. The van der Waals surface area contributed by atoms with E-state index in [1.807, 2.05) is 34.0 Å². The lowest BCUT2D eigenvalue weighted by Gasteiger charge is -2.32. The van der Waals surface area contributed by atoms with E-state index in [1.165, 1.54) is 5.56 Å². The number of carbonyl (C=O) groups excluding carboxylic acids is 1. The van der Waals surface area contributed by atoms with Crippen molar-refractivity contribution >= 4 is 5.91 Å². The minimum absolute atomic E-state index is 0.200. The van der Waals surface area contributed by atoms with Gasteiger partial charge in [0.15, 0.2) is 0 Å². The fraction of sp³-hybridized carbons (Fsp3) is 0.474. The van der Waals surface area contributed by atoms with Crippen molar-refractivity contribution in [1.82, 2.24) is 19.6 Å². The molecule has 1 unspecified atom stereocenters. The van der Waals surface area contributed by atoms with Crippen molar-refractivity contribution in [2.75, 3.05) is 20.6 Å². The number of nitrogens with zero attached hydrogens (tertiary/aromatic N) is 4. The van der Waals surface area contributed by atoms with E-state index in [0.29, 0.717) is 13.0 Å². The summed E-state index contributed by atoms with van der Waals surface area (Å²) in [5, 5.41) is 4.39. The third-order valence-electron chi connectivity index (χ3n) is 4.75. The molecule has 0 fully saturated rings. The highest BCUT2D eigenvalue weighted by atomic mass is 16.2. The van der Waals surface area contributed by atoms with Crippen molar-refractivity contribution in [3.05, 3.63) is 53.3 Å². The zero-order chi connectivity index (χ0) is 17.1.